The molecule has 0 fully saturated rings. The molecule has 0 radical (unpaired) electrons. The molecule has 0 heterocycles. The van der Waals surface area contributed by atoms with E-state index in [9.17, 15) is 14.4 Å². The van der Waals surface area contributed by atoms with Gasteiger partial charge in [-0.25, -0.2) is 4.79 Å². The Morgan fingerprint density at radius 1 is 1.17 bits per heavy atom. The van der Waals surface area contributed by atoms with Crippen molar-refractivity contribution in [3.63, 3.8) is 0 Å². The maximum absolute atomic E-state index is 11.2. The number of hydrogen-bond acceptors (Lipinski definition) is 3. The molecule has 0 atom stereocenters. The molecule has 0 aromatic heterocycles. The Morgan fingerprint density at radius 3 is 2.28 bits per heavy atom. The van der Waals surface area contributed by atoms with Gasteiger partial charge in [0.1, 0.15) is 0 Å². The molecule has 6 heteroatoms. The van der Waals surface area contributed by atoms with Crippen molar-refractivity contribution in [3.8, 4) is 0 Å². The second-order valence-electron chi connectivity index (χ2n) is 3.50. The lowest BCUT2D eigenvalue weighted by Crippen LogP contribution is -2.13. The Morgan fingerprint density at radius 2 is 1.78 bits per heavy atom. The third kappa shape index (κ3) is 4.93. The Kier molecular flexibility index (Phi) is 4.62. The van der Waals surface area contributed by atoms with E-state index in [1.54, 1.807) is 24.3 Å². The van der Waals surface area contributed by atoms with Gasteiger partial charge in [0.2, 0.25) is 11.8 Å². The van der Waals surface area contributed by atoms with Crippen LogP contribution in [0.3, 0.4) is 0 Å². The second kappa shape index (κ2) is 6.19. The number of carboxylic acids is 1. The third-order valence-electron chi connectivity index (χ3n) is 1.98. The number of carbonyl (C=O) groups is 3. The molecule has 0 bridgehead atoms. The number of amides is 2. The Labute approximate surface area is 103 Å². The van der Waals surface area contributed by atoms with E-state index in [0.717, 1.165) is 17.7 Å². The van der Waals surface area contributed by atoms with Gasteiger partial charge in [-0.2, -0.15) is 0 Å². The fourth-order valence-corrected chi connectivity index (χ4v) is 1.24. The number of nitrogens with one attached hydrogen (secondary N) is 1. The van der Waals surface area contributed by atoms with Crippen molar-refractivity contribution in [2.75, 3.05) is 5.32 Å². The van der Waals surface area contributed by atoms with E-state index >= 15 is 0 Å². The smallest absolute Gasteiger partial charge is 0.328 e. The molecule has 4 N–H and O–H groups in total. The molecule has 0 saturated heterocycles. The average Bonchev–Trinajstić information content (AvgIpc) is 2.28. The van der Waals surface area contributed by atoms with Gasteiger partial charge in [0.25, 0.3) is 0 Å². The number of aliphatic carboxylic acids is 1. The molecule has 0 spiro atoms. The first-order valence-electron chi connectivity index (χ1n) is 5.06. The lowest BCUT2D eigenvalue weighted by Gasteiger charge is -2.03. The second-order valence-corrected chi connectivity index (χ2v) is 3.50. The highest BCUT2D eigenvalue weighted by atomic mass is 16.4. The largest absolute Gasteiger partial charge is 0.478 e. The summed E-state index contributed by atoms with van der Waals surface area (Å²) >= 11 is 0. The molecular weight excluding hydrogens is 236 g/mol. The first kappa shape index (κ1) is 13.4. The molecule has 6 nitrogen and oxygen atoms in total. The number of anilines is 1. The van der Waals surface area contributed by atoms with Crippen LogP contribution in [0.25, 0.3) is 0 Å². The molecule has 18 heavy (non-hydrogen) atoms. The van der Waals surface area contributed by atoms with Gasteiger partial charge in [-0.15, -0.1) is 0 Å². The van der Waals surface area contributed by atoms with Gasteiger partial charge in [-0.1, -0.05) is 12.1 Å². The number of nitrogens with two attached hydrogens (primary N) is 1. The molecule has 0 aliphatic rings. The summed E-state index contributed by atoms with van der Waals surface area (Å²) in [7, 11) is 0. The lowest BCUT2D eigenvalue weighted by molar-refractivity contribution is -0.131. The zero-order valence-electron chi connectivity index (χ0n) is 9.42. The minimum absolute atomic E-state index is 0.132. The van der Waals surface area contributed by atoms with Crippen molar-refractivity contribution >= 4 is 23.5 Å². The maximum Gasteiger partial charge on any atom is 0.328 e. The van der Waals surface area contributed by atoms with Crippen LogP contribution in [-0.2, 0) is 20.8 Å². The summed E-state index contributed by atoms with van der Waals surface area (Å²) in [6.45, 7) is 0. The topological polar surface area (TPSA) is 109 Å². The molecule has 0 aliphatic heterocycles. The van der Waals surface area contributed by atoms with Crippen LogP contribution < -0.4 is 11.1 Å². The summed E-state index contributed by atoms with van der Waals surface area (Å²) in [6.07, 6.45) is 1.80. The fraction of sp³-hybridized carbons (Fsp3) is 0.0833. The highest BCUT2D eigenvalue weighted by molar-refractivity contribution is 6.02. The van der Waals surface area contributed by atoms with Crippen LogP contribution in [0, 0.1) is 0 Å². The summed E-state index contributed by atoms with van der Waals surface area (Å²) in [6, 6.07) is 6.51. The Balaban J connectivity index is 2.61. The first-order valence-corrected chi connectivity index (χ1v) is 5.06. The number of primary amides is 1. The summed E-state index contributed by atoms with van der Waals surface area (Å²) in [5.74, 6) is -2.17. The predicted molar refractivity (Wildman–Crippen MR) is 64.7 cm³/mol. The number of rotatable bonds is 5. The molecule has 1 aromatic rings. The van der Waals surface area contributed by atoms with Crippen LogP contribution in [0.1, 0.15) is 5.56 Å². The zero-order chi connectivity index (χ0) is 13.5. The van der Waals surface area contributed by atoms with Gasteiger partial charge in [0.15, 0.2) is 0 Å². The average molecular weight is 248 g/mol. The minimum Gasteiger partial charge on any atom is -0.478 e. The van der Waals surface area contributed by atoms with Gasteiger partial charge in [-0.05, 0) is 17.7 Å². The van der Waals surface area contributed by atoms with E-state index in [2.05, 4.69) is 5.32 Å². The van der Waals surface area contributed by atoms with Crippen LogP contribution in [0.4, 0.5) is 5.69 Å². The first-order chi connectivity index (χ1) is 8.47. The summed E-state index contributed by atoms with van der Waals surface area (Å²) in [4.78, 5) is 32.1. The van der Waals surface area contributed by atoms with Gasteiger partial charge in [-0.3, -0.25) is 9.59 Å². The molecule has 1 aromatic carbocycles. The van der Waals surface area contributed by atoms with Crippen LogP contribution in [0.15, 0.2) is 36.4 Å². The van der Waals surface area contributed by atoms with Gasteiger partial charge in [0.05, 0.1) is 6.42 Å². The van der Waals surface area contributed by atoms with E-state index in [1.165, 1.54) is 0 Å². The van der Waals surface area contributed by atoms with E-state index in [0.29, 0.717) is 5.69 Å². The molecule has 94 valence electrons. The van der Waals surface area contributed by atoms with E-state index in [4.69, 9.17) is 10.8 Å². The molecule has 0 unspecified atom stereocenters. The van der Waals surface area contributed by atoms with E-state index < -0.39 is 17.8 Å². The van der Waals surface area contributed by atoms with Crippen molar-refractivity contribution in [2.24, 2.45) is 5.73 Å². The number of hydrogen-bond donors (Lipinski definition) is 3. The Hall–Kier alpha value is -2.63. The lowest BCUT2D eigenvalue weighted by atomic mass is 10.1. The van der Waals surface area contributed by atoms with Crippen LogP contribution in [-0.4, -0.2) is 22.9 Å². The van der Waals surface area contributed by atoms with Crippen molar-refractivity contribution in [1.82, 2.24) is 0 Å². The van der Waals surface area contributed by atoms with Gasteiger partial charge < -0.3 is 16.2 Å². The maximum atomic E-state index is 11.2. The normalized spacial score (nSPS) is 10.2. The van der Waals surface area contributed by atoms with Gasteiger partial charge >= 0.3 is 5.97 Å². The monoisotopic (exact) mass is 248 g/mol. The summed E-state index contributed by atoms with van der Waals surface area (Å²) in [5.41, 5.74) is 6.28. The minimum atomic E-state index is -1.19. The molecule has 0 saturated carbocycles. The van der Waals surface area contributed by atoms with E-state index in [1.807, 2.05) is 0 Å². The van der Waals surface area contributed by atoms with E-state index in [-0.39, 0.29) is 6.42 Å². The highest BCUT2D eigenvalue weighted by Gasteiger charge is 2.01. The van der Waals surface area contributed by atoms with Crippen molar-refractivity contribution in [1.29, 1.82) is 0 Å². The summed E-state index contributed by atoms with van der Waals surface area (Å²) < 4.78 is 0. The number of carbonyl (C=O) groups excluding carboxylic acids is 2. The fourth-order valence-electron chi connectivity index (χ4n) is 1.24. The molecule has 0 aliphatic carbocycles. The predicted octanol–water partition coefficient (Wildman–Crippen LogP) is 0.294. The van der Waals surface area contributed by atoms with Crippen molar-refractivity contribution in [3.05, 3.63) is 42.0 Å². The highest BCUT2D eigenvalue weighted by Crippen LogP contribution is 2.09. The SMILES string of the molecule is NC(=O)Cc1ccc(NC(=O)/C=C/C(=O)O)cc1. The Bertz CT molecular complexity index is 491. The number of benzene rings is 1. The number of carboxylic acid groups (broad SMARTS) is 1. The van der Waals surface area contributed by atoms with Crippen molar-refractivity contribution in [2.45, 2.75) is 6.42 Å². The quantitative estimate of drug-likeness (QED) is 0.650. The van der Waals surface area contributed by atoms with Crippen molar-refractivity contribution < 1.29 is 19.5 Å². The standard InChI is InChI=1S/C12H12N2O4/c13-10(15)7-8-1-3-9(4-2-8)14-11(16)5-6-12(17)18/h1-6H,7H2,(H2,13,15)(H,14,16)(H,17,18)/b6-5+. The van der Waals surface area contributed by atoms with Gasteiger partial charge in [0, 0.05) is 17.8 Å². The third-order valence-corrected chi connectivity index (χ3v) is 1.98. The molecule has 1 rings (SSSR count). The van der Waals surface area contributed by atoms with Crippen LogP contribution in [0.2, 0.25) is 0 Å². The zero-order valence-corrected chi connectivity index (χ0v) is 9.42. The van der Waals surface area contributed by atoms with Crippen LogP contribution in [0.5, 0.6) is 0 Å². The summed E-state index contributed by atoms with van der Waals surface area (Å²) in [5, 5.41) is 10.8. The molecule has 2 amide bonds. The van der Waals surface area contributed by atoms with Crippen LogP contribution >= 0.6 is 0 Å². The molecular formula is C12H12N2O4.